The van der Waals surface area contributed by atoms with Crippen LogP contribution in [0.25, 0.3) is 11.3 Å². The molecule has 2 aromatic rings. The van der Waals surface area contributed by atoms with Crippen molar-refractivity contribution in [1.29, 1.82) is 0 Å². The number of benzene rings is 1. The summed E-state index contributed by atoms with van der Waals surface area (Å²) in [7, 11) is 0. The van der Waals surface area contributed by atoms with Gasteiger partial charge in [-0.25, -0.2) is 4.98 Å². The van der Waals surface area contributed by atoms with Gasteiger partial charge in [0.25, 0.3) is 0 Å². The van der Waals surface area contributed by atoms with Gasteiger partial charge in [-0.15, -0.1) is 11.3 Å². The summed E-state index contributed by atoms with van der Waals surface area (Å²) < 4.78 is 0. The molecule has 1 N–H and O–H groups in total. The summed E-state index contributed by atoms with van der Waals surface area (Å²) in [6.45, 7) is 10.7. The van der Waals surface area contributed by atoms with Gasteiger partial charge in [-0.1, -0.05) is 45.0 Å². The Kier molecular flexibility index (Phi) is 5.32. The molecule has 1 heterocycles. The molecule has 0 aliphatic rings. The summed E-state index contributed by atoms with van der Waals surface area (Å²) in [4.78, 5) is 6.09. The molecule has 0 amide bonds. The largest absolute Gasteiger partial charge is 0.310 e. The van der Waals surface area contributed by atoms with Crippen LogP contribution in [0.2, 0.25) is 0 Å². The first-order valence-electron chi connectivity index (χ1n) is 7.36. The Morgan fingerprint density at radius 1 is 1.20 bits per heavy atom. The molecule has 2 nitrogen and oxygen atoms in total. The Balaban J connectivity index is 2.09. The van der Waals surface area contributed by atoms with Crippen molar-refractivity contribution in [3.05, 3.63) is 39.7 Å². The number of hydrogen-bond donors (Lipinski definition) is 1. The van der Waals surface area contributed by atoms with E-state index in [1.807, 2.05) is 0 Å². The lowest BCUT2D eigenvalue weighted by Crippen LogP contribution is -2.18. The van der Waals surface area contributed by atoms with Gasteiger partial charge in [0.1, 0.15) is 5.01 Å². The summed E-state index contributed by atoms with van der Waals surface area (Å²) in [6, 6.07) is 8.77. The fourth-order valence-corrected chi connectivity index (χ4v) is 3.09. The highest BCUT2D eigenvalue weighted by atomic mass is 32.1. The molecule has 0 aliphatic carbocycles. The minimum absolute atomic E-state index is 0.678. The molecular formula is C17H24N2S. The molecule has 0 atom stereocenters. The number of aromatic nitrogens is 1. The minimum atomic E-state index is 0.678. The zero-order valence-electron chi connectivity index (χ0n) is 12.9. The lowest BCUT2D eigenvalue weighted by Gasteiger charge is -2.04. The Morgan fingerprint density at radius 2 is 1.90 bits per heavy atom. The Hall–Kier alpha value is -1.19. The van der Waals surface area contributed by atoms with E-state index in [2.05, 4.69) is 57.3 Å². The van der Waals surface area contributed by atoms with Crippen LogP contribution in [0.3, 0.4) is 0 Å². The second-order valence-corrected chi connectivity index (χ2v) is 6.88. The smallest absolute Gasteiger partial charge is 0.107 e. The maximum absolute atomic E-state index is 4.79. The summed E-state index contributed by atoms with van der Waals surface area (Å²) in [5.41, 5.74) is 3.74. The van der Waals surface area contributed by atoms with Crippen LogP contribution in [-0.4, -0.2) is 11.5 Å². The molecule has 3 heteroatoms. The van der Waals surface area contributed by atoms with E-state index in [-0.39, 0.29) is 0 Å². The van der Waals surface area contributed by atoms with E-state index >= 15 is 0 Å². The normalized spacial score (nSPS) is 11.2. The first kappa shape index (κ1) is 15.2. The molecule has 0 saturated heterocycles. The Bertz CT molecular complexity index is 541. The Morgan fingerprint density at radius 3 is 2.50 bits per heavy atom. The third-order valence-corrected chi connectivity index (χ3v) is 4.28. The molecule has 0 bridgehead atoms. The van der Waals surface area contributed by atoms with Crippen molar-refractivity contribution in [2.45, 2.75) is 40.7 Å². The zero-order chi connectivity index (χ0) is 14.5. The van der Waals surface area contributed by atoms with Crippen LogP contribution in [0.4, 0.5) is 0 Å². The van der Waals surface area contributed by atoms with E-state index < -0.39 is 0 Å². The highest BCUT2D eigenvalue weighted by molar-refractivity contribution is 7.12. The summed E-state index contributed by atoms with van der Waals surface area (Å²) in [5.74, 6) is 0.678. The average Bonchev–Trinajstić information content (AvgIpc) is 2.79. The van der Waals surface area contributed by atoms with Crippen LogP contribution in [0.1, 0.15) is 36.2 Å². The molecule has 2 rings (SSSR count). The quantitative estimate of drug-likeness (QED) is 0.850. The Labute approximate surface area is 126 Å². The molecule has 0 radical (unpaired) electrons. The van der Waals surface area contributed by atoms with Crippen LogP contribution in [0.15, 0.2) is 24.3 Å². The van der Waals surface area contributed by atoms with Gasteiger partial charge in [-0.2, -0.15) is 0 Å². The molecule has 0 fully saturated rings. The molecule has 0 saturated carbocycles. The molecule has 0 spiro atoms. The van der Waals surface area contributed by atoms with Crippen molar-refractivity contribution in [3.8, 4) is 11.3 Å². The van der Waals surface area contributed by atoms with Gasteiger partial charge in [0.15, 0.2) is 0 Å². The van der Waals surface area contributed by atoms with E-state index in [0.29, 0.717) is 5.92 Å². The minimum Gasteiger partial charge on any atom is -0.310 e. The number of aryl methyl sites for hydroxylation is 2. The van der Waals surface area contributed by atoms with Gasteiger partial charge in [0, 0.05) is 17.0 Å². The van der Waals surface area contributed by atoms with E-state index in [4.69, 9.17) is 4.98 Å². The lowest BCUT2D eigenvalue weighted by molar-refractivity contribution is 0.551. The van der Waals surface area contributed by atoms with Crippen LogP contribution >= 0.6 is 11.3 Å². The van der Waals surface area contributed by atoms with Gasteiger partial charge < -0.3 is 5.32 Å². The lowest BCUT2D eigenvalue weighted by atomic mass is 10.1. The van der Waals surface area contributed by atoms with Crippen molar-refractivity contribution in [3.63, 3.8) is 0 Å². The molecule has 1 aromatic carbocycles. The van der Waals surface area contributed by atoms with Gasteiger partial charge in [0.2, 0.25) is 0 Å². The summed E-state index contributed by atoms with van der Waals surface area (Å²) in [5, 5.41) is 4.64. The number of nitrogens with one attached hydrogen (secondary N) is 1. The fourth-order valence-electron chi connectivity index (χ4n) is 2.16. The molecule has 0 aliphatic heterocycles. The van der Waals surface area contributed by atoms with E-state index in [1.165, 1.54) is 21.0 Å². The standard InChI is InChI=1S/C17H24N2S/c1-5-14-6-8-15(9-7-14)17-13(4)20-16(19-17)11-18-10-12(2)3/h6-9,12,18H,5,10-11H2,1-4H3. The van der Waals surface area contributed by atoms with Crippen LogP contribution < -0.4 is 5.32 Å². The van der Waals surface area contributed by atoms with Gasteiger partial charge in [-0.3, -0.25) is 0 Å². The first-order valence-corrected chi connectivity index (χ1v) is 8.18. The van der Waals surface area contributed by atoms with Crippen molar-refractivity contribution in [1.82, 2.24) is 10.3 Å². The molecule has 1 aromatic heterocycles. The van der Waals surface area contributed by atoms with E-state index in [9.17, 15) is 0 Å². The van der Waals surface area contributed by atoms with Gasteiger partial charge in [-0.05, 0) is 31.4 Å². The molecule has 108 valence electrons. The highest BCUT2D eigenvalue weighted by Crippen LogP contribution is 2.27. The van der Waals surface area contributed by atoms with Crippen molar-refractivity contribution < 1.29 is 0 Å². The van der Waals surface area contributed by atoms with Crippen LogP contribution in [0.5, 0.6) is 0 Å². The SMILES string of the molecule is CCc1ccc(-c2nc(CNCC(C)C)sc2C)cc1. The first-order chi connectivity index (χ1) is 9.60. The van der Waals surface area contributed by atoms with Crippen molar-refractivity contribution in [2.75, 3.05) is 6.54 Å². The predicted molar refractivity (Wildman–Crippen MR) is 88.2 cm³/mol. The topological polar surface area (TPSA) is 24.9 Å². The zero-order valence-corrected chi connectivity index (χ0v) is 13.7. The molecular weight excluding hydrogens is 264 g/mol. The summed E-state index contributed by atoms with van der Waals surface area (Å²) in [6.07, 6.45) is 1.08. The number of hydrogen-bond acceptors (Lipinski definition) is 3. The van der Waals surface area contributed by atoms with Crippen molar-refractivity contribution >= 4 is 11.3 Å². The maximum atomic E-state index is 4.79. The molecule has 20 heavy (non-hydrogen) atoms. The van der Waals surface area contributed by atoms with Crippen LogP contribution in [-0.2, 0) is 13.0 Å². The maximum Gasteiger partial charge on any atom is 0.107 e. The van der Waals surface area contributed by atoms with Crippen molar-refractivity contribution in [2.24, 2.45) is 5.92 Å². The van der Waals surface area contributed by atoms with Gasteiger partial charge >= 0.3 is 0 Å². The monoisotopic (exact) mass is 288 g/mol. The average molecular weight is 288 g/mol. The fraction of sp³-hybridized carbons (Fsp3) is 0.471. The van der Waals surface area contributed by atoms with Gasteiger partial charge in [0.05, 0.1) is 5.69 Å². The predicted octanol–water partition coefficient (Wildman–Crippen LogP) is 4.43. The third kappa shape index (κ3) is 3.90. The number of thiazole rings is 1. The second kappa shape index (κ2) is 7.00. The number of nitrogens with zero attached hydrogens (tertiary/aromatic N) is 1. The molecule has 0 unspecified atom stereocenters. The van der Waals surface area contributed by atoms with Crippen LogP contribution in [0, 0.1) is 12.8 Å². The highest BCUT2D eigenvalue weighted by Gasteiger charge is 2.09. The third-order valence-electron chi connectivity index (χ3n) is 3.31. The van der Waals surface area contributed by atoms with E-state index in [1.54, 1.807) is 11.3 Å². The van der Waals surface area contributed by atoms with E-state index in [0.717, 1.165) is 25.2 Å². The number of rotatable bonds is 6. The second-order valence-electron chi connectivity index (χ2n) is 5.59. The summed E-state index contributed by atoms with van der Waals surface area (Å²) >= 11 is 1.80.